The van der Waals surface area contributed by atoms with Crippen LogP contribution in [0.1, 0.15) is 17.0 Å². The van der Waals surface area contributed by atoms with E-state index in [1.165, 1.54) is 6.20 Å². The summed E-state index contributed by atoms with van der Waals surface area (Å²) in [4.78, 5) is 13.6. The first kappa shape index (κ1) is 7.99. The van der Waals surface area contributed by atoms with Crippen molar-refractivity contribution in [3.63, 3.8) is 0 Å². The van der Waals surface area contributed by atoms with Crippen LogP contribution in [0.15, 0.2) is 16.8 Å². The topological polar surface area (TPSA) is 58.4 Å². The van der Waals surface area contributed by atoms with Crippen molar-refractivity contribution in [2.75, 3.05) is 13.1 Å². The number of fused-ring (bicyclic) bond motifs is 1. The van der Waals surface area contributed by atoms with Gasteiger partial charge in [0.25, 0.3) is 5.91 Å². The van der Waals surface area contributed by atoms with Crippen molar-refractivity contribution in [2.24, 2.45) is 0 Å². The van der Waals surface area contributed by atoms with Gasteiger partial charge < -0.3 is 14.7 Å². The van der Waals surface area contributed by atoms with E-state index in [1.54, 1.807) is 6.07 Å². The van der Waals surface area contributed by atoms with Crippen LogP contribution < -0.4 is 5.32 Å². The lowest BCUT2D eigenvalue weighted by molar-refractivity contribution is 0.0371. The van der Waals surface area contributed by atoms with Gasteiger partial charge in [-0.25, -0.2) is 0 Å². The average molecular weight is 193 g/mol. The minimum atomic E-state index is -0.0348. The van der Waals surface area contributed by atoms with Gasteiger partial charge in [0.05, 0.1) is 12.2 Å². The second kappa shape index (κ2) is 2.81. The van der Waals surface area contributed by atoms with E-state index in [9.17, 15) is 4.79 Å². The number of hydrogen-bond acceptors (Lipinski definition) is 4. The fourth-order valence-electron chi connectivity index (χ4n) is 2.22. The van der Waals surface area contributed by atoms with Gasteiger partial charge in [0.1, 0.15) is 0 Å². The molecular formula is C9H11N3O2. The second-order valence-electron chi connectivity index (χ2n) is 3.75. The van der Waals surface area contributed by atoms with E-state index in [1.807, 2.05) is 4.90 Å². The van der Waals surface area contributed by atoms with E-state index in [0.717, 1.165) is 19.5 Å². The third-order valence-electron chi connectivity index (χ3n) is 3.01. The summed E-state index contributed by atoms with van der Waals surface area (Å²) < 4.78 is 4.84. The van der Waals surface area contributed by atoms with Crippen LogP contribution in [0.2, 0.25) is 0 Å². The third-order valence-corrected chi connectivity index (χ3v) is 3.01. The molecule has 0 saturated carbocycles. The van der Waals surface area contributed by atoms with Crippen molar-refractivity contribution >= 4 is 5.91 Å². The Morgan fingerprint density at radius 1 is 1.71 bits per heavy atom. The fourth-order valence-corrected chi connectivity index (χ4v) is 2.22. The molecule has 2 unspecified atom stereocenters. The van der Waals surface area contributed by atoms with Gasteiger partial charge >= 0.3 is 0 Å². The zero-order valence-electron chi connectivity index (χ0n) is 7.64. The lowest BCUT2D eigenvalue weighted by atomic mass is 9.97. The van der Waals surface area contributed by atoms with E-state index in [2.05, 4.69) is 10.5 Å². The lowest BCUT2D eigenvalue weighted by Crippen LogP contribution is -2.62. The Morgan fingerprint density at radius 3 is 3.36 bits per heavy atom. The molecule has 0 aliphatic carbocycles. The van der Waals surface area contributed by atoms with Crippen LogP contribution in [0.5, 0.6) is 0 Å². The molecule has 2 saturated heterocycles. The molecule has 0 radical (unpaired) electrons. The standard InChI is InChI=1S/C9H11N3O2/c13-9(8-2-4-11-14-8)12-5-6-7(12)1-3-10-6/h2,4,6-7,10H,1,3,5H2. The first-order chi connectivity index (χ1) is 6.86. The molecule has 3 heterocycles. The minimum absolute atomic E-state index is 0.0348. The van der Waals surface area contributed by atoms with Crippen molar-refractivity contribution in [3.8, 4) is 0 Å². The van der Waals surface area contributed by atoms with Gasteiger partial charge in [-0.15, -0.1) is 0 Å². The highest BCUT2D eigenvalue weighted by Crippen LogP contribution is 2.27. The minimum Gasteiger partial charge on any atom is -0.351 e. The molecule has 2 aliphatic heterocycles. The molecule has 2 aliphatic rings. The van der Waals surface area contributed by atoms with Crippen LogP contribution >= 0.6 is 0 Å². The van der Waals surface area contributed by atoms with Gasteiger partial charge in [-0.3, -0.25) is 4.79 Å². The molecule has 1 N–H and O–H groups in total. The summed E-state index contributed by atoms with van der Waals surface area (Å²) in [6, 6.07) is 2.48. The van der Waals surface area contributed by atoms with Crippen LogP contribution in [0, 0.1) is 0 Å². The predicted molar refractivity (Wildman–Crippen MR) is 47.7 cm³/mol. The molecule has 0 spiro atoms. The average Bonchev–Trinajstić information content (AvgIpc) is 2.75. The van der Waals surface area contributed by atoms with E-state index in [4.69, 9.17) is 4.52 Å². The second-order valence-corrected chi connectivity index (χ2v) is 3.75. The first-order valence-electron chi connectivity index (χ1n) is 4.81. The van der Waals surface area contributed by atoms with Crippen molar-refractivity contribution in [1.82, 2.24) is 15.4 Å². The maximum Gasteiger partial charge on any atom is 0.292 e. The molecule has 1 amide bonds. The number of aromatic nitrogens is 1. The highest BCUT2D eigenvalue weighted by atomic mass is 16.5. The van der Waals surface area contributed by atoms with Crippen LogP contribution in [-0.4, -0.2) is 41.1 Å². The van der Waals surface area contributed by atoms with Crippen molar-refractivity contribution in [3.05, 3.63) is 18.0 Å². The Morgan fingerprint density at radius 2 is 2.64 bits per heavy atom. The summed E-state index contributed by atoms with van der Waals surface area (Å²) in [5, 5.41) is 6.88. The molecule has 0 aromatic carbocycles. The van der Waals surface area contributed by atoms with Gasteiger partial charge in [-0.1, -0.05) is 5.16 Å². The Balaban J connectivity index is 1.75. The summed E-state index contributed by atoms with van der Waals surface area (Å²) in [6.07, 6.45) is 2.54. The van der Waals surface area contributed by atoms with Crippen LogP contribution in [0.25, 0.3) is 0 Å². The number of amides is 1. The van der Waals surface area contributed by atoms with E-state index in [0.29, 0.717) is 17.8 Å². The van der Waals surface area contributed by atoms with Crippen molar-refractivity contribution in [2.45, 2.75) is 18.5 Å². The quantitative estimate of drug-likeness (QED) is 0.674. The third kappa shape index (κ3) is 0.988. The molecular weight excluding hydrogens is 182 g/mol. The SMILES string of the molecule is O=C(c1ccno1)N1CC2NCCC21. The summed E-state index contributed by atoms with van der Waals surface area (Å²) in [5.74, 6) is 0.308. The zero-order valence-corrected chi connectivity index (χ0v) is 7.64. The van der Waals surface area contributed by atoms with Gasteiger partial charge in [0.2, 0.25) is 5.76 Å². The van der Waals surface area contributed by atoms with Gasteiger partial charge in [0, 0.05) is 18.7 Å². The monoisotopic (exact) mass is 193 g/mol. The first-order valence-corrected chi connectivity index (χ1v) is 4.81. The van der Waals surface area contributed by atoms with E-state index < -0.39 is 0 Å². The van der Waals surface area contributed by atoms with E-state index in [-0.39, 0.29) is 5.91 Å². The normalized spacial score (nSPS) is 29.9. The van der Waals surface area contributed by atoms with Gasteiger partial charge in [-0.05, 0) is 13.0 Å². The molecule has 2 atom stereocenters. The molecule has 3 rings (SSSR count). The Bertz CT molecular complexity index is 349. The molecule has 5 nitrogen and oxygen atoms in total. The molecule has 5 heteroatoms. The number of carbonyl (C=O) groups excluding carboxylic acids is 1. The summed E-state index contributed by atoms with van der Waals surface area (Å²) >= 11 is 0. The molecule has 1 aromatic rings. The number of nitrogens with zero attached hydrogens (tertiary/aromatic N) is 2. The maximum absolute atomic E-state index is 11.8. The number of rotatable bonds is 1. The van der Waals surface area contributed by atoms with Crippen LogP contribution in [0.3, 0.4) is 0 Å². The summed E-state index contributed by atoms with van der Waals surface area (Å²) in [6.45, 7) is 1.81. The molecule has 74 valence electrons. The largest absolute Gasteiger partial charge is 0.351 e. The number of nitrogens with one attached hydrogen (secondary N) is 1. The summed E-state index contributed by atoms with van der Waals surface area (Å²) in [7, 11) is 0. The Hall–Kier alpha value is -1.36. The number of hydrogen-bond donors (Lipinski definition) is 1. The smallest absolute Gasteiger partial charge is 0.292 e. The lowest BCUT2D eigenvalue weighted by Gasteiger charge is -2.43. The zero-order chi connectivity index (χ0) is 9.54. The predicted octanol–water partition coefficient (Wildman–Crippen LogP) is -0.139. The fraction of sp³-hybridized carbons (Fsp3) is 0.556. The highest BCUT2D eigenvalue weighted by Gasteiger charge is 2.45. The number of likely N-dealkylation sites (tertiary alicyclic amines) is 1. The van der Waals surface area contributed by atoms with Gasteiger partial charge in [0.15, 0.2) is 0 Å². The van der Waals surface area contributed by atoms with Crippen LogP contribution in [0.4, 0.5) is 0 Å². The molecule has 0 bridgehead atoms. The molecule has 14 heavy (non-hydrogen) atoms. The van der Waals surface area contributed by atoms with Crippen molar-refractivity contribution < 1.29 is 9.32 Å². The summed E-state index contributed by atoms with van der Waals surface area (Å²) in [5.41, 5.74) is 0. The number of carbonyl (C=O) groups is 1. The van der Waals surface area contributed by atoms with Crippen LogP contribution in [-0.2, 0) is 0 Å². The van der Waals surface area contributed by atoms with E-state index >= 15 is 0 Å². The van der Waals surface area contributed by atoms with Gasteiger partial charge in [-0.2, -0.15) is 0 Å². The van der Waals surface area contributed by atoms with Crippen molar-refractivity contribution in [1.29, 1.82) is 0 Å². The highest BCUT2D eigenvalue weighted by molar-refractivity contribution is 5.92. The maximum atomic E-state index is 11.8. The Kier molecular flexibility index (Phi) is 1.61. The molecule has 2 fully saturated rings. The Labute approximate surface area is 81.0 Å². The molecule has 1 aromatic heterocycles.